The largest absolute Gasteiger partial charge is 0.501 e. The van der Waals surface area contributed by atoms with E-state index >= 15 is 0 Å². The first-order valence-corrected chi connectivity index (χ1v) is 16.9. The Hall–Kier alpha value is -3.87. The molecule has 5 atom stereocenters. The molecule has 1 saturated carbocycles. The van der Waals surface area contributed by atoms with Gasteiger partial charge in [-0.25, -0.2) is 0 Å². The molecule has 1 N–H and O–H groups in total. The lowest BCUT2D eigenvalue weighted by atomic mass is 9.52. The summed E-state index contributed by atoms with van der Waals surface area (Å²) in [4.78, 5) is 29.9. The molecule has 0 aromatic heterocycles. The highest BCUT2D eigenvalue weighted by Gasteiger charge is 2.59. The Balaban J connectivity index is 1.64. The number of ether oxygens (including phenoxy) is 2. The average Bonchev–Trinajstić information content (AvgIpc) is 3.11. The molecule has 2 aliphatic carbocycles. The van der Waals surface area contributed by atoms with E-state index in [0.717, 1.165) is 16.9 Å². The molecule has 0 radical (unpaired) electrons. The zero-order valence-corrected chi connectivity index (χ0v) is 28.8. The van der Waals surface area contributed by atoms with Gasteiger partial charge in [0.1, 0.15) is 11.4 Å². The summed E-state index contributed by atoms with van der Waals surface area (Å²) in [6.45, 7) is 0. The first-order valence-electron chi connectivity index (χ1n) is 15.8. The van der Waals surface area contributed by atoms with Crippen molar-refractivity contribution in [3.63, 3.8) is 0 Å². The summed E-state index contributed by atoms with van der Waals surface area (Å²) in [5.74, 6) is -1.90. The van der Waals surface area contributed by atoms with Crippen LogP contribution in [0.1, 0.15) is 57.0 Å². The molecule has 8 heteroatoms. The lowest BCUT2D eigenvalue weighted by Gasteiger charge is -2.52. The van der Waals surface area contributed by atoms with Crippen molar-refractivity contribution < 1.29 is 24.2 Å². The van der Waals surface area contributed by atoms with Crippen LogP contribution < -0.4 is 4.74 Å². The zero-order chi connectivity index (χ0) is 34.0. The van der Waals surface area contributed by atoms with Crippen LogP contribution in [0, 0.1) is 17.8 Å². The van der Waals surface area contributed by atoms with Gasteiger partial charge in [-0.05, 0) is 109 Å². The van der Waals surface area contributed by atoms with Crippen molar-refractivity contribution >= 4 is 46.4 Å². The van der Waals surface area contributed by atoms with E-state index in [1.807, 2.05) is 36.4 Å². The summed E-state index contributed by atoms with van der Waals surface area (Å²) in [5.41, 5.74) is 1.46. The van der Waals surface area contributed by atoms with E-state index in [0.29, 0.717) is 50.3 Å². The van der Waals surface area contributed by atoms with Crippen LogP contribution in [0.25, 0.3) is 0 Å². The van der Waals surface area contributed by atoms with Crippen molar-refractivity contribution in [2.45, 2.75) is 30.8 Å². The molecule has 4 aromatic rings. The number of aliphatic hydroxyl groups is 1. The molecular weight excluding hydrogens is 667 g/mol. The smallest absolute Gasteiger partial charge is 0.169 e. The van der Waals surface area contributed by atoms with Gasteiger partial charge in [0.15, 0.2) is 11.6 Å². The summed E-state index contributed by atoms with van der Waals surface area (Å²) in [7, 11) is 3.23. The topological polar surface area (TPSA) is 72.8 Å². The van der Waals surface area contributed by atoms with Gasteiger partial charge in [0.2, 0.25) is 0 Å². The molecule has 48 heavy (non-hydrogen) atoms. The lowest BCUT2D eigenvalue weighted by molar-refractivity contribution is -0.0786. The number of hydrogen-bond donors (Lipinski definition) is 1. The van der Waals surface area contributed by atoms with E-state index in [-0.39, 0.29) is 18.0 Å². The molecule has 2 aliphatic rings. The second-order valence-corrected chi connectivity index (χ2v) is 13.7. The summed E-state index contributed by atoms with van der Waals surface area (Å²) in [6.07, 6.45) is 5.08. The van der Waals surface area contributed by atoms with Crippen LogP contribution in [0.3, 0.4) is 0 Å². The van der Waals surface area contributed by atoms with E-state index in [1.165, 1.54) is 0 Å². The molecule has 5 unspecified atom stereocenters. The minimum atomic E-state index is -1.70. The number of ketones is 2. The molecule has 0 amide bonds. The van der Waals surface area contributed by atoms with Gasteiger partial charge >= 0.3 is 0 Å². The number of halogens is 3. The molecular formula is C40H35Cl3O5. The standard InChI is InChI=1S/C40H35Cl3O5/c1-47-32-19-7-24(8-20-32)34-23-40(46,28-11-17-31(43)18-12-28)37(39(45)27-5-15-30(42)16-6-27)35(25-9-21-33(48-2)22-10-25)36(34)38(44)26-3-13-29(41)14-4-26/h3-9,11-21,34-37,46H,10,22-23H2,1-2H3. The molecule has 0 bridgehead atoms. The van der Waals surface area contributed by atoms with Gasteiger partial charge < -0.3 is 14.6 Å². The van der Waals surface area contributed by atoms with Crippen LogP contribution in [0.2, 0.25) is 15.1 Å². The zero-order valence-electron chi connectivity index (χ0n) is 26.5. The Morgan fingerprint density at radius 1 is 0.688 bits per heavy atom. The Kier molecular flexibility index (Phi) is 10.1. The highest BCUT2D eigenvalue weighted by atomic mass is 35.5. The number of allylic oxidation sites excluding steroid dienone is 4. The maximum absolute atomic E-state index is 15.0. The number of rotatable bonds is 9. The monoisotopic (exact) mass is 700 g/mol. The molecule has 0 aliphatic heterocycles. The fourth-order valence-electron chi connectivity index (χ4n) is 7.41. The van der Waals surface area contributed by atoms with Crippen LogP contribution >= 0.6 is 34.8 Å². The summed E-state index contributed by atoms with van der Waals surface area (Å²) in [5, 5.41) is 14.7. The minimum absolute atomic E-state index is 0.0951. The summed E-state index contributed by atoms with van der Waals surface area (Å²) in [6, 6.07) is 28.1. The van der Waals surface area contributed by atoms with Crippen LogP contribution in [-0.2, 0) is 10.3 Å². The van der Waals surface area contributed by atoms with E-state index < -0.39 is 29.3 Å². The van der Waals surface area contributed by atoms with Crippen LogP contribution in [0.5, 0.6) is 5.75 Å². The number of hydrogen-bond acceptors (Lipinski definition) is 5. The van der Waals surface area contributed by atoms with Gasteiger partial charge in [0.25, 0.3) is 0 Å². The third kappa shape index (κ3) is 6.70. The average molecular weight is 702 g/mol. The second kappa shape index (κ2) is 14.3. The van der Waals surface area contributed by atoms with Crippen molar-refractivity contribution in [2.75, 3.05) is 14.2 Å². The number of carbonyl (C=O) groups excluding carboxylic acids is 2. The fourth-order valence-corrected chi connectivity index (χ4v) is 7.79. The Morgan fingerprint density at radius 3 is 1.73 bits per heavy atom. The molecule has 6 rings (SSSR count). The number of Topliss-reactive ketones (excluding diaryl/α,β-unsaturated/α-hetero) is 2. The third-order valence-electron chi connectivity index (χ3n) is 9.79. The van der Waals surface area contributed by atoms with Crippen LogP contribution in [-0.4, -0.2) is 30.9 Å². The van der Waals surface area contributed by atoms with Gasteiger partial charge in [-0.15, -0.1) is 0 Å². The SMILES string of the molecule is COC1=CC=C(C2C(C(=O)c3ccc(Cl)cc3)C(c3ccc(OC)cc3)CC(O)(c3ccc(Cl)cc3)C2C(=O)c2ccc(Cl)cc2)CC1. The highest BCUT2D eigenvalue weighted by Crippen LogP contribution is 2.58. The predicted molar refractivity (Wildman–Crippen MR) is 190 cm³/mol. The highest BCUT2D eigenvalue weighted by molar-refractivity contribution is 6.31. The predicted octanol–water partition coefficient (Wildman–Crippen LogP) is 9.90. The first-order chi connectivity index (χ1) is 23.1. The molecule has 0 heterocycles. The lowest BCUT2D eigenvalue weighted by Crippen LogP contribution is -2.55. The Bertz CT molecular complexity index is 1850. The molecule has 0 spiro atoms. The van der Waals surface area contributed by atoms with Crippen LogP contribution in [0.4, 0.5) is 0 Å². The maximum Gasteiger partial charge on any atom is 0.169 e. The van der Waals surface area contributed by atoms with E-state index in [9.17, 15) is 14.7 Å². The molecule has 1 fully saturated rings. The van der Waals surface area contributed by atoms with Gasteiger partial charge in [0.05, 0.1) is 25.9 Å². The molecule has 4 aromatic carbocycles. The Labute approximate surface area is 295 Å². The van der Waals surface area contributed by atoms with E-state index in [2.05, 4.69) is 0 Å². The number of benzene rings is 4. The third-order valence-corrected chi connectivity index (χ3v) is 10.5. The van der Waals surface area contributed by atoms with Crippen LogP contribution in [0.15, 0.2) is 121 Å². The van der Waals surface area contributed by atoms with Gasteiger partial charge in [-0.1, -0.05) is 70.7 Å². The second-order valence-electron chi connectivity index (χ2n) is 12.4. The quantitative estimate of drug-likeness (QED) is 0.176. The fraction of sp³-hybridized carbons (Fsp3) is 0.250. The van der Waals surface area contributed by atoms with Crippen molar-refractivity contribution in [3.8, 4) is 5.75 Å². The summed E-state index contributed by atoms with van der Waals surface area (Å²) < 4.78 is 11.0. The number of methoxy groups -OCH3 is 2. The molecule has 246 valence electrons. The maximum atomic E-state index is 15.0. The van der Waals surface area contributed by atoms with Gasteiger partial charge in [-0.3, -0.25) is 9.59 Å². The van der Waals surface area contributed by atoms with E-state index in [1.54, 1.807) is 87.0 Å². The Morgan fingerprint density at radius 2 is 1.23 bits per heavy atom. The van der Waals surface area contributed by atoms with Crippen molar-refractivity contribution in [1.29, 1.82) is 0 Å². The number of carbonyl (C=O) groups is 2. The first kappa shape index (κ1) is 34.0. The van der Waals surface area contributed by atoms with Crippen molar-refractivity contribution in [2.24, 2.45) is 17.8 Å². The molecule has 5 nitrogen and oxygen atoms in total. The normalized spacial score (nSPS) is 23.9. The van der Waals surface area contributed by atoms with Gasteiger partial charge in [0, 0.05) is 44.5 Å². The van der Waals surface area contributed by atoms with Crippen molar-refractivity contribution in [1.82, 2.24) is 0 Å². The van der Waals surface area contributed by atoms with E-state index in [4.69, 9.17) is 44.3 Å². The molecule has 0 saturated heterocycles. The summed E-state index contributed by atoms with van der Waals surface area (Å²) >= 11 is 18.8. The van der Waals surface area contributed by atoms with Crippen molar-refractivity contribution in [3.05, 3.63) is 158 Å². The minimum Gasteiger partial charge on any atom is -0.501 e. The van der Waals surface area contributed by atoms with Gasteiger partial charge in [-0.2, -0.15) is 0 Å².